The van der Waals surface area contributed by atoms with Crippen LogP contribution in [0.5, 0.6) is 0 Å². The minimum Gasteiger partial charge on any atom is -0.511 e. The monoisotopic (exact) mass is 2240 g/mol. The average Bonchev–Trinajstić information content (AvgIpc) is 1.73. The van der Waals surface area contributed by atoms with Gasteiger partial charge in [-0.15, -0.1) is 40.4 Å². The summed E-state index contributed by atoms with van der Waals surface area (Å²) >= 11 is 0. The quantitative estimate of drug-likeness (QED) is 0.0681. The molecule has 0 saturated heterocycles. The number of hydrogen-bond acceptors (Lipinski definition) is 14. The van der Waals surface area contributed by atoms with Crippen LogP contribution in [0.1, 0.15) is 50.1 Å². The zero-order chi connectivity index (χ0) is 87.3. The van der Waals surface area contributed by atoms with E-state index in [-0.39, 0.29) is 60.3 Å². The largest absolute Gasteiger partial charge is 0.511 e. The van der Waals surface area contributed by atoms with E-state index in [1.807, 2.05) is 186 Å². The van der Waals surface area contributed by atoms with Crippen molar-refractivity contribution in [3.8, 4) is 0 Å². The molecule has 131 heavy (non-hydrogen) atoms. The molecule has 22 rings (SSSR count). The van der Waals surface area contributed by atoms with Gasteiger partial charge < -0.3 is 58.8 Å². The fourth-order valence-corrected chi connectivity index (χ4v) is 17.0. The molecule has 661 valence electrons. The summed E-state index contributed by atoms with van der Waals surface area (Å²) in [6, 6.07) is 159. The standard InChI is InChI=1S/3C23H20N2.C19H14N2.2C13H11N3.3Ir/c3*1-24-17-18-25(19-24)23(20-11-5-2-6-12-20,21-13-7-3-8-14-21)22-15-9-4-10-16-22;1-3-9-16(10-4-1)20-15-21(17-11-5-2-6-12-17)19-14-8-7-13-18(19)20;1-15-10-16(11-6-3-2-4-7-11)12-8-5-9-14-13(12)15;1-15-10-16(11-6-3-2-4-7-11)13-12(15)8-5-9-14-13;;;/h3*2-15,17-19H,1H3;1-11,13-15H;2*2-6,8-10H,1H3;;;/q6*-2;;;. The molecule has 17 heteroatoms. The second kappa shape index (κ2) is 44.4. The molecule has 6 aliphatic heterocycles. The SMILES string of the molecule is CN1C=CN(C(c2[c-]cccc2)(c2ccccc2)c2ccccc2)[CH-]1.CN1C=CN(C(c2[c-]cccc2)(c2ccccc2)c2ccccc2)[CH-]1.CN1C=CN(C(c2[c-]cccc2)(c2ccccc2)c2ccccc2)[CH-]1.CN1[CH-]N(c2[c-]cccc2)c2cccnc21.CN1[CH-]N(c2[c-]cccc2)c2ncccc21.[Ir].[Ir].[Ir].[c-]1ccccc1N1[CH-]N(c2ccccc2)c2ccccc21. The third kappa shape index (κ3) is 20.1. The number of para-hydroxylation sites is 6. The van der Waals surface area contributed by atoms with Crippen LogP contribution < -0.4 is 29.4 Å². The molecule has 0 aliphatic carbocycles. The van der Waals surface area contributed by atoms with E-state index in [4.69, 9.17) is 0 Å². The number of benzene rings is 14. The summed E-state index contributed by atoms with van der Waals surface area (Å²) in [6.45, 7) is 12.5. The van der Waals surface area contributed by atoms with Crippen molar-refractivity contribution < 1.29 is 60.3 Å². The number of pyridine rings is 2. The van der Waals surface area contributed by atoms with Gasteiger partial charge in [-0.25, -0.2) is 9.97 Å². The molecule has 16 aromatic rings. The second-order valence-corrected chi connectivity index (χ2v) is 30.9. The van der Waals surface area contributed by atoms with Crippen LogP contribution in [0.25, 0.3) is 0 Å². The van der Waals surface area contributed by atoms with Crippen molar-refractivity contribution in [1.82, 2.24) is 39.4 Å². The topological polar surface area (TPSA) is 64.7 Å². The predicted octanol–water partition coefficient (Wildman–Crippen LogP) is 23.9. The van der Waals surface area contributed by atoms with E-state index in [1.165, 1.54) is 44.8 Å². The van der Waals surface area contributed by atoms with Gasteiger partial charge in [0.1, 0.15) is 11.6 Å². The summed E-state index contributed by atoms with van der Waals surface area (Å²) < 4.78 is 0. The normalized spacial score (nSPS) is 13.7. The molecule has 0 unspecified atom stereocenters. The summed E-state index contributed by atoms with van der Waals surface area (Å²) in [5.41, 5.74) is 18.0. The third-order valence-corrected chi connectivity index (χ3v) is 22.7. The van der Waals surface area contributed by atoms with Crippen LogP contribution >= 0.6 is 0 Å². The predicted molar refractivity (Wildman–Crippen MR) is 519 cm³/mol. The van der Waals surface area contributed by atoms with Crippen molar-refractivity contribution in [1.29, 1.82) is 0 Å². The van der Waals surface area contributed by atoms with Crippen molar-refractivity contribution in [2.24, 2.45) is 0 Å². The van der Waals surface area contributed by atoms with E-state index in [0.717, 1.165) is 62.5 Å². The first-order chi connectivity index (χ1) is 63.1. The van der Waals surface area contributed by atoms with Gasteiger partial charge in [-0.2, -0.15) is 215 Å². The van der Waals surface area contributed by atoms with Gasteiger partial charge in [-0.05, 0) is 154 Å². The first kappa shape index (κ1) is 93.3. The molecule has 0 saturated carbocycles. The van der Waals surface area contributed by atoms with Gasteiger partial charge in [0.25, 0.3) is 0 Å². The number of fused-ring (bicyclic) bond motifs is 3. The Labute approximate surface area is 814 Å². The van der Waals surface area contributed by atoms with Gasteiger partial charge in [-0.1, -0.05) is 212 Å². The fourth-order valence-electron chi connectivity index (χ4n) is 17.0. The van der Waals surface area contributed by atoms with E-state index >= 15 is 0 Å². The van der Waals surface area contributed by atoms with E-state index < -0.39 is 16.6 Å². The van der Waals surface area contributed by atoms with Crippen LogP contribution in [0.15, 0.2) is 456 Å². The Hall–Kier alpha value is -13.9. The Morgan fingerprint density at radius 1 is 0.221 bits per heavy atom. The minimum absolute atomic E-state index is 0. The van der Waals surface area contributed by atoms with E-state index in [9.17, 15) is 0 Å². The maximum Gasteiger partial charge on any atom is 0.124 e. The molecule has 0 N–H and O–H groups in total. The van der Waals surface area contributed by atoms with Crippen molar-refractivity contribution in [3.63, 3.8) is 0 Å². The third-order valence-electron chi connectivity index (χ3n) is 22.7. The summed E-state index contributed by atoms with van der Waals surface area (Å²) in [6.07, 6.45) is 16.2. The summed E-state index contributed by atoms with van der Waals surface area (Å²) in [4.78, 5) is 34.3. The molecule has 3 radical (unpaired) electrons. The molecule has 8 heterocycles. The van der Waals surface area contributed by atoms with E-state index in [2.05, 4.69) is 444 Å². The Balaban J connectivity index is 0.000000127. The van der Waals surface area contributed by atoms with Gasteiger partial charge in [-0.3, -0.25) is 0 Å². The smallest absolute Gasteiger partial charge is 0.124 e. The second-order valence-electron chi connectivity index (χ2n) is 30.9. The Kier molecular flexibility index (Phi) is 31.7. The zero-order valence-electron chi connectivity index (χ0n) is 73.0. The molecule has 0 amide bonds. The molecule has 2 aromatic heterocycles. The molecular formula is C114H96Ir3N14-12. The Bertz CT molecular complexity index is 5440. The van der Waals surface area contributed by atoms with Gasteiger partial charge in [0.05, 0.1) is 22.3 Å². The molecule has 14 nitrogen and oxygen atoms in total. The Morgan fingerprint density at radius 2 is 0.496 bits per heavy atom. The van der Waals surface area contributed by atoms with Crippen LogP contribution in [0.2, 0.25) is 0 Å². The molecule has 0 atom stereocenters. The average molecular weight is 2240 g/mol. The van der Waals surface area contributed by atoms with Gasteiger partial charge in [0.15, 0.2) is 0 Å². The van der Waals surface area contributed by atoms with E-state index in [0.29, 0.717) is 0 Å². The number of aromatic nitrogens is 2. The maximum absolute atomic E-state index is 4.40. The first-order valence-corrected chi connectivity index (χ1v) is 42.6. The number of nitrogens with zero attached hydrogens (tertiary/aromatic N) is 14. The molecule has 0 spiro atoms. The van der Waals surface area contributed by atoms with Crippen LogP contribution in [-0.4, -0.2) is 74.6 Å². The fraction of sp³-hybridized carbons (Fsp3) is 0.0702. The Morgan fingerprint density at radius 3 is 0.817 bits per heavy atom. The van der Waals surface area contributed by atoms with Crippen molar-refractivity contribution >= 4 is 57.1 Å². The summed E-state index contributed by atoms with van der Waals surface area (Å²) in [7, 11) is 10.2. The van der Waals surface area contributed by atoms with Gasteiger partial charge in [0, 0.05) is 95.5 Å². The van der Waals surface area contributed by atoms with Crippen molar-refractivity contribution in [2.45, 2.75) is 16.6 Å². The zero-order valence-corrected chi connectivity index (χ0v) is 80.2. The first-order valence-electron chi connectivity index (χ1n) is 42.6. The summed E-state index contributed by atoms with van der Waals surface area (Å²) in [5.74, 6) is 1.92. The molecular weight excluding hydrogens is 2140 g/mol. The molecule has 0 bridgehead atoms. The van der Waals surface area contributed by atoms with Crippen LogP contribution in [0.3, 0.4) is 0 Å². The minimum atomic E-state index is -0.467. The van der Waals surface area contributed by atoms with Crippen LogP contribution in [0.4, 0.5) is 57.1 Å². The number of rotatable bonds is 16. The van der Waals surface area contributed by atoms with Gasteiger partial charge >= 0.3 is 0 Å². The van der Waals surface area contributed by atoms with Gasteiger partial charge in [0.2, 0.25) is 0 Å². The van der Waals surface area contributed by atoms with Crippen molar-refractivity contribution in [3.05, 3.63) is 583 Å². The number of anilines is 10. The molecule has 14 aromatic carbocycles. The molecule has 6 aliphatic rings. The van der Waals surface area contributed by atoms with Crippen molar-refractivity contribution in [2.75, 3.05) is 64.6 Å². The van der Waals surface area contributed by atoms with Crippen LogP contribution in [0, 0.1) is 76.4 Å². The summed E-state index contributed by atoms with van der Waals surface area (Å²) in [5, 5.41) is 0. The maximum atomic E-state index is 4.40. The number of hydrogen-bond donors (Lipinski definition) is 0. The van der Waals surface area contributed by atoms with Crippen LogP contribution in [-0.2, 0) is 76.9 Å². The van der Waals surface area contributed by atoms with E-state index in [1.54, 1.807) is 6.20 Å². The molecule has 0 fully saturated rings.